The van der Waals surface area contributed by atoms with Crippen molar-refractivity contribution in [3.8, 4) is 11.4 Å². The first kappa shape index (κ1) is 20.6. The van der Waals surface area contributed by atoms with Crippen molar-refractivity contribution in [2.75, 3.05) is 17.7 Å². The van der Waals surface area contributed by atoms with Crippen LogP contribution in [0.1, 0.15) is 31.1 Å². The first-order valence-corrected chi connectivity index (χ1v) is 10.7. The van der Waals surface area contributed by atoms with E-state index in [1.165, 1.54) is 6.07 Å². The summed E-state index contributed by atoms with van der Waals surface area (Å²) in [6, 6.07) is 10.5. The van der Waals surface area contributed by atoms with Gasteiger partial charge in [0, 0.05) is 24.1 Å². The van der Waals surface area contributed by atoms with E-state index in [4.69, 9.17) is 22.1 Å². The van der Waals surface area contributed by atoms with Crippen LogP contribution in [0.25, 0.3) is 22.3 Å². The van der Waals surface area contributed by atoms with Crippen molar-refractivity contribution in [3.05, 3.63) is 59.0 Å². The lowest BCUT2D eigenvalue weighted by Crippen LogP contribution is -2.18. The minimum Gasteiger partial charge on any atom is -0.368 e. The van der Waals surface area contributed by atoms with Crippen molar-refractivity contribution in [2.45, 2.75) is 32.0 Å². The summed E-state index contributed by atoms with van der Waals surface area (Å²) in [4.78, 5) is 12.9. The molecule has 0 aliphatic carbocycles. The van der Waals surface area contributed by atoms with Crippen molar-refractivity contribution in [2.24, 2.45) is 0 Å². The Bertz CT molecular complexity index is 1270. The van der Waals surface area contributed by atoms with E-state index in [2.05, 4.69) is 25.4 Å². The Hall–Kier alpha value is -3.30. The number of hydrogen-bond donors (Lipinski definition) is 2. The summed E-state index contributed by atoms with van der Waals surface area (Å²) in [6.07, 6.45) is 4.86. The van der Waals surface area contributed by atoms with Crippen molar-refractivity contribution in [1.29, 1.82) is 0 Å². The number of halogens is 2. The van der Waals surface area contributed by atoms with Gasteiger partial charge in [0.15, 0.2) is 12.1 Å². The highest BCUT2D eigenvalue weighted by molar-refractivity contribution is 6.31. The second-order valence-corrected chi connectivity index (χ2v) is 7.97. The molecule has 0 amide bonds. The van der Waals surface area contributed by atoms with Gasteiger partial charge in [-0.2, -0.15) is 20.1 Å². The van der Waals surface area contributed by atoms with Crippen LogP contribution in [0.15, 0.2) is 42.6 Å². The number of rotatable bonds is 5. The predicted octanol–water partition coefficient (Wildman–Crippen LogP) is 4.57. The molecule has 0 spiro atoms. The molecule has 1 unspecified atom stereocenters. The van der Waals surface area contributed by atoms with E-state index < -0.39 is 5.82 Å². The first-order chi connectivity index (χ1) is 15.6. The average molecular weight is 454 g/mol. The number of benzene rings is 2. The van der Waals surface area contributed by atoms with Crippen LogP contribution in [0.5, 0.6) is 0 Å². The lowest BCUT2D eigenvalue weighted by molar-refractivity contribution is -0.0366. The summed E-state index contributed by atoms with van der Waals surface area (Å²) >= 11 is 6.03. The Balaban J connectivity index is 1.44. The quantitative estimate of drug-likeness (QED) is 0.456. The third kappa shape index (κ3) is 4.09. The largest absolute Gasteiger partial charge is 0.368 e. The Morgan fingerprint density at radius 2 is 2.09 bits per heavy atom. The second-order valence-electron chi connectivity index (χ2n) is 7.59. The Kier molecular flexibility index (Phi) is 5.59. The third-order valence-electron chi connectivity index (χ3n) is 5.41. The van der Waals surface area contributed by atoms with Crippen molar-refractivity contribution >= 4 is 34.4 Å². The minimum absolute atomic E-state index is 0.0610. The number of nitrogens with two attached hydrogens (primary N) is 1. The molecule has 1 aliphatic rings. The molecule has 5 rings (SSSR count). The smallest absolute Gasteiger partial charge is 0.228 e. The zero-order valence-electron chi connectivity index (χ0n) is 17.1. The van der Waals surface area contributed by atoms with Gasteiger partial charge >= 0.3 is 0 Å². The van der Waals surface area contributed by atoms with E-state index in [0.29, 0.717) is 11.4 Å². The number of nitrogens with zero attached hydrogens (tertiary/aromatic N) is 5. The Labute approximate surface area is 188 Å². The molecule has 1 fully saturated rings. The molecule has 4 aromatic rings. The van der Waals surface area contributed by atoms with Gasteiger partial charge in [0.2, 0.25) is 11.9 Å². The van der Waals surface area contributed by atoms with E-state index in [-0.39, 0.29) is 29.7 Å². The van der Waals surface area contributed by atoms with Crippen molar-refractivity contribution in [1.82, 2.24) is 24.7 Å². The maximum atomic E-state index is 13.7. The Morgan fingerprint density at radius 1 is 1.19 bits per heavy atom. The Morgan fingerprint density at radius 3 is 2.94 bits per heavy atom. The maximum absolute atomic E-state index is 13.7. The summed E-state index contributed by atoms with van der Waals surface area (Å²) in [6.45, 7) is 0.977. The minimum atomic E-state index is -0.478. The predicted molar refractivity (Wildman–Crippen MR) is 121 cm³/mol. The lowest BCUT2D eigenvalue weighted by Gasteiger charge is -2.23. The molecule has 1 saturated heterocycles. The molecular formula is C22H21ClFN7O. The van der Waals surface area contributed by atoms with Gasteiger partial charge in [-0.3, -0.25) is 0 Å². The molecule has 0 saturated carbocycles. The number of fused-ring (bicyclic) bond motifs is 1. The summed E-state index contributed by atoms with van der Waals surface area (Å²) in [5, 5.41) is 8.63. The van der Waals surface area contributed by atoms with Crippen LogP contribution >= 0.6 is 11.6 Å². The van der Waals surface area contributed by atoms with Crippen LogP contribution in [-0.2, 0) is 11.3 Å². The number of anilines is 2. The zero-order valence-corrected chi connectivity index (χ0v) is 17.9. The molecule has 10 heteroatoms. The van der Waals surface area contributed by atoms with Gasteiger partial charge in [0.25, 0.3) is 0 Å². The number of ether oxygens (including phenoxy) is 1. The standard InChI is InChI=1S/C22H21ClFN7O/c23-19-15(4-3-5-16(19)24)11-26-22-29-20(28-21(25)30-22)13-7-8-14-12-27-31(17(14)10-13)18-6-1-2-9-32-18/h3-5,7-8,10,12,18H,1-2,6,9,11H2,(H3,25,26,28,29,30). The van der Waals surface area contributed by atoms with Crippen LogP contribution in [0.2, 0.25) is 5.02 Å². The highest BCUT2D eigenvalue weighted by atomic mass is 35.5. The highest BCUT2D eigenvalue weighted by Crippen LogP contribution is 2.29. The van der Waals surface area contributed by atoms with Crippen LogP contribution < -0.4 is 11.1 Å². The molecule has 8 nitrogen and oxygen atoms in total. The maximum Gasteiger partial charge on any atom is 0.228 e. The van der Waals surface area contributed by atoms with E-state index >= 15 is 0 Å². The molecule has 32 heavy (non-hydrogen) atoms. The van der Waals surface area contributed by atoms with Gasteiger partial charge in [-0.05, 0) is 37.0 Å². The SMILES string of the molecule is Nc1nc(NCc2cccc(F)c2Cl)nc(-c2ccc3cnn(C4CCCCO4)c3c2)n1. The van der Waals surface area contributed by atoms with Gasteiger partial charge in [-0.1, -0.05) is 35.9 Å². The molecule has 1 aliphatic heterocycles. The zero-order chi connectivity index (χ0) is 22.1. The van der Waals surface area contributed by atoms with Gasteiger partial charge < -0.3 is 15.8 Å². The summed E-state index contributed by atoms with van der Waals surface area (Å²) in [5.41, 5.74) is 8.23. The molecule has 1 atom stereocenters. The molecule has 164 valence electrons. The second kappa shape index (κ2) is 8.68. The third-order valence-corrected chi connectivity index (χ3v) is 5.83. The van der Waals surface area contributed by atoms with Crippen LogP contribution in [-0.4, -0.2) is 31.3 Å². The fourth-order valence-electron chi connectivity index (χ4n) is 3.78. The fraction of sp³-hybridized carbons (Fsp3) is 0.273. The highest BCUT2D eigenvalue weighted by Gasteiger charge is 2.19. The van der Waals surface area contributed by atoms with E-state index in [0.717, 1.165) is 42.3 Å². The number of hydrogen-bond acceptors (Lipinski definition) is 7. The van der Waals surface area contributed by atoms with Gasteiger partial charge in [-0.25, -0.2) is 9.07 Å². The average Bonchev–Trinajstić information content (AvgIpc) is 3.23. The molecule has 2 aromatic heterocycles. The van der Waals surface area contributed by atoms with Crippen molar-refractivity contribution < 1.29 is 9.13 Å². The normalized spacial score (nSPS) is 16.4. The topological polar surface area (TPSA) is 104 Å². The van der Waals surface area contributed by atoms with Crippen LogP contribution in [0.4, 0.5) is 16.3 Å². The van der Waals surface area contributed by atoms with Crippen molar-refractivity contribution in [3.63, 3.8) is 0 Å². The number of aromatic nitrogens is 5. The first-order valence-electron chi connectivity index (χ1n) is 10.4. The molecule has 0 radical (unpaired) electrons. The van der Waals surface area contributed by atoms with E-state index in [1.54, 1.807) is 12.1 Å². The van der Waals surface area contributed by atoms with Crippen LogP contribution in [0.3, 0.4) is 0 Å². The number of nitrogen functional groups attached to an aromatic ring is 1. The monoisotopic (exact) mass is 453 g/mol. The molecule has 2 aromatic carbocycles. The van der Waals surface area contributed by atoms with E-state index in [1.807, 2.05) is 29.1 Å². The molecular weight excluding hydrogens is 433 g/mol. The van der Waals surface area contributed by atoms with Gasteiger partial charge in [0.1, 0.15) is 5.82 Å². The molecule has 3 N–H and O–H groups in total. The van der Waals surface area contributed by atoms with E-state index in [9.17, 15) is 4.39 Å². The van der Waals surface area contributed by atoms with Gasteiger partial charge in [0.05, 0.1) is 16.7 Å². The summed E-state index contributed by atoms with van der Waals surface area (Å²) in [7, 11) is 0. The lowest BCUT2D eigenvalue weighted by atomic mass is 10.1. The number of nitrogens with one attached hydrogen (secondary N) is 1. The summed E-state index contributed by atoms with van der Waals surface area (Å²) < 4.78 is 21.5. The fourth-order valence-corrected chi connectivity index (χ4v) is 3.98. The molecule has 3 heterocycles. The summed E-state index contributed by atoms with van der Waals surface area (Å²) in [5.74, 6) is 0.294. The molecule has 0 bridgehead atoms. The van der Waals surface area contributed by atoms with Crippen LogP contribution in [0, 0.1) is 5.82 Å². The van der Waals surface area contributed by atoms with Gasteiger partial charge in [-0.15, -0.1) is 0 Å².